The summed E-state index contributed by atoms with van der Waals surface area (Å²) in [5.41, 5.74) is 3.00. The van der Waals surface area contributed by atoms with Gasteiger partial charge in [0.25, 0.3) is 0 Å². The van der Waals surface area contributed by atoms with Crippen molar-refractivity contribution in [3.63, 3.8) is 0 Å². The van der Waals surface area contributed by atoms with Crippen molar-refractivity contribution in [3.8, 4) is 0 Å². The topological polar surface area (TPSA) is 12.4 Å². The quantitative estimate of drug-likeness (QED) is 0.253. The minimum atomic E-state index is -4.47. The first-order valence-corrected chi connectivity index (χ1v) is 10.2. The molecule has 0 fully saturated rings. The second-order valence-electron chi connectivity index (χ2n) is 7.29. The van der Waals surface area contributed by atoms with Crippen molar-refractivity contribution in [3.05, 3.63) is 70.5 Å². The van der Waals surface area contributed by atoms with Crippen LogP contribution in [0.1, 0.15) is 74.1 Å². The van der Waals surface area contributed by atoms with Gasteiger partial charge in [-0.3, -0.25) is 4.99 Å². The first-order chi connectivity index (χ1) is 13.5. The summed E-state index contributed by atoms with van der Waals surface area (Å²) < 4.78 is 42.3. The Bertz CT molecular complexity index is 739. The summed E-state index contributed by atoms with van der Waals surface area (Å²) in [4.78, 5) is 4.35. The van der Waals surface area contributed by atoms with Crippen molar-refractivity contribution in [2.24, 2.45) is 4.99 Å². The number of allylic oxidation sites excluding steroid dienone is 10. The maximum Gasteiger partial charge on any atom is 0.416 e. The van der Waals surface area contributed by atoms with E-state index in [1.54, 1.807) is 39.1 Å². The lowest BCUT2D eigenvalue weighted by molar-refractivity contribution is -0.0890. The number of halogens is 3. The summed E-state index contributed by atoms with van der Waals surface area (Å²) >= 11 is 0. The molecule has 29 heavy (non-hydrogen) atoms. The van der Waals surface area contributed by atoms with E-state index in [1.165, 1.54) is 6.08 Å². The van der Waals surface area contributed by atoms with E-state index < -0.39 is 11.7 Å². The van der Waals surface area contributed by atoms with Crippen LogP contribution in [-0.2, 0) is 0 Å². The molecule has 1 nitrogen and oxygen atoms in total. The second kappa shape index (κ2) is 13.2. The van der Waals surface area contributed by atoms with Crippen LogP contribution in [0, 0.1) is 0 Å². The molecule has 162 valence electrons. The molecule has 0 atom stereocenters. The highest BCUT2D eigenvalue weighted by Gasteiger charge is 2.35. The van der Waals surface area contributed by atoms with Crippen molar-refractivity contribution in [2.45, 2.75) is 80.3 Å². The van der Waals surface area contributed by atoms with Gasteiger partial charge in [-0.1, -0.05) is 62.6 Å². The molecule has 0 aliphatic heterocycles. The van der Waals surface area contributed by atoms with Crippen LogP contribution < -0.4 is 0 Å². The number of hydrogen-bond acceptors (Lipinski definition) is 1. The number of nitrogens with zero attached hydrogens (tertiary/aromatic N) is 1. The molecule has 4 heteroatoms. The molecule has 0 aromatic rings. The molecule has 0 unspecified atom stereocenters. The highest BCUT2D eigenvalue weighted by molar-refractivity contribution is 6.03. The van der Waals surface area contributed by atoms with Crippen LogP contribution in [0.25, 0.3) is 0 Å². The third-order valence-electron chi connectivity index (χ3n) is 4.48. The van der Waals surface area contributed by atoms with Crippen LogP contribution in [0.2, 0.25) is 0 Å². The second-order valence-corrected chi connectivity index (χ2v) is 7.29. The van der Waals surface area contributed by atoms with Gasteiger partial charge in [0.1, 0.15) is 0 Å². The largest absolute Gasteiger partial charge is 0.416 e. The van der Waals surface area contributed by atoms with Crippen molar-refractivity contribution < 1.29 is 13.2 Å². The lowest BCUT2D eigenvalue weighted by Crippen LogP contribution is -2.16. The van der Waals surface area contributed by atoms with Crippen molar-refractivity contribution in [2.75, 3.05) is 0 Å². The third kappa shape index (κ3) is 9.78. The SMILES string of the molecule is C=C(C)\C(C)=C/C(=C(CCC)/C(=C/C=C(/C)CCC)C(/C)=N/C=C\C)C(F)(F)F. The van der Waals surface area contributed by atoms with Crippen LogP contribution in [0.3, 0.4) is 0 Å². The third-order valence-corrected chi connectivity index (χ3v) is 4.48. The van der Waals surface area contributed by atoms with Crippen LogP contribution in [0.4, 0.5) is 13.2 Å². The monoisotopic (exact) mass is 407 g/mol. The van der Waals surface area contributed by atoms with Gasteiger partial charge in [-0.05, 0) is 70.3 Å². The van der Waals surface area contributed by atoms with Gasteiger partial charge in [-0.25, -0.2) is 0 Å². The molecule has 0 N–H and O–H groups in total. The summed E-state index contributed by atoms with van der Waals surface area (Å²) in [6.45, 7) is 16.7. The normalized spacial score (nSPS) is 15.8. The van der Waals surface area contributed by atoms with Gasteiger partial charge in [-0.15, -0.1) is 0 Å². The molecule has 0 amide bonds. The van der Waals surface area contributed by atoms with Crippen LogP contribution in [-0.4, -0.2) is 11.9 Å². The van der Waals surface area contributed by atoms with Gasteiger partial charge < -0.3 is 0 Å². The zero-order valence-electron chi connectivity index (χ0n) is 19.0. The zero-order chi connectivity index (χ0) is 22.6. The molecule has 0 heterocycles. The Morgan fingerprint density at radius 2 is 1.55 bits per heavy atom. The average Bonchev–Trinajstić information content (AvgIpc) is 2.62. The van der Waals surface area contributed by atoms with Gasteiger partial charge in [-0.2, -0.15) is 13.2 Å². The van der Waals surface area contributed by atoms with E-state index in [4.69, 9.17) is 0 Å². The lowest BCUT2D eigenvalue weighted by Gasteiger charge is -2.19. The maximum atomic E-state index is 14.1. The molecule has 0 spiro atoms. The van der Waals surface area contributed by atoms with E-state index >= 15 is 0 Å². The van der Waals surface area contributed by atoms with E-state index in [0.717, 1.165) is 18.4 Å². The standard InChI is InChI=1S/C25H36F3N/c1-9-12-19(6)14-15-22(21(8)29-16-11-3)23(13-10-2)24(25(26,27)28)17-20(7)18(4)5/h11,14-17H,4,9-10,12-13H2,1-3,5-8H3/b16-11-,19-14-,20-17-,22-15+,24-23-,29-21+. The summed E-state index contributed by atoms with van der Waals surface area (Å²) in [5.74, 6) is 0. The van der Waals surface area contributed by atoms with Gasteiger partial charge in [0, 0.05) is 11.9 Å². The highest BCUT2D eigenvalue weighted by atomic mass is 19.4. The number of alkyl halides is 3. The lowest BCUT2D eigenvalue weighted by atomic mass is 9.90. The Balaban J connectivity index is 7.03. The molecule has 0 aromatic carbocycles. The maximum absolute atomic E-state index is 14.1. The number of hydrogen-bond donors (Lipinski definition) is 0. The van der Waals surface area contributed by atoms with Crippen molar-refractivity contribution >= 4 is 5.71 Å². The fourth-order valence-electron chi connectivity index (χ4n) is 2.74. The molecule has 0 radical (unpaired) electrons. The van der Waals surface area contributed by atoms with Crippen LogP contribution in [0.15, 0.2) is 75.5 Å². The van der Waals surface area contributed by atoms with Gasteiger partial charge in [0.2, 0.25) is 0 Å². The van der Waals surface area contributed by atoms with Gasteiger partial charge in [0.15, 0.2) is 0 Å². The summed E-state index contributed by atoms with van der Waals surface area (Å²) in [6.07, 6.45) is 6.61. The first kappa shape index (κ1) is 26.9. The molecular weight excluding hydrogens is 371 g/mol. The first-order valence-electron chi connectivity index (χ1n) is 10.2. The predicted octanol–water partition coefficient (Wildman–Crippen LogP) is 8.84. The minimum Gasteiger partial charge on any atom is -0.261 e. The molecular formula is C25H36F3N. The molecule has 0 rings (SSSR count). The van der Waals surface area contributed by atoms with Crippen molar-refractivity contribution in [1.29, 1.82) is 0 Å². The molecule has 0 saturated heterocycles. The molecule has 0 bridgehead atoms. The summed E-state index contributed by atoms with van der Waals surface area (Å²) in [7, 11) is 0. The zero-order valence-corrected chi connectivity index (χ0v) is 19.0. The minimum absolute atomic E-state index is 0.270. The van der Waals surface area contributed by atoms with Crippen molar-refractivity contribution in [1.82, 2.24) is 0 Å². The predicted molar refractivity (Wildman–Crippen MR) is 121 cm³/mol. The molecule has 0 saturated carbocycles. The Hall–Kier alpha value is -2.10. The van der Waals surface area contributed by atoms with Crippen LogP contribution in [0.5, 0.6) is 0 Å². The Morgan fingerprint density at radius 3 is 2.00 bits per heavy atom. The van der Waals surface area contributed by atoms with E-state index in [2.05, 4.69) is 18.5 Å². The van der Waals surface area contributed by atoms with Gasteiger partial charge in [0.05, 0.1) is 5.57 Å². The highest BCUT2D eigenvalue weighted by Crippen LogP contribution is 2.36. The Morgan fingerprint density at radius 1 is 0.966 bits per heavy atom. The van der Waals surface area contributed by atoms with Gasteiger partial charge >= 0.3 is 6.18 Å². The molecule has 0 aliphatic carbocycles. The summed E-state index contributed by atoms with van der Waals surface area (Å²) in [6, 6.07) is 0. The molecule has 0 aromatic heterocycles. The fourth-order valence-corrected chi connectivity index (χ4v) is 2.74. The fraction of sp³-hybridized carbons (Fsp3) is 0.480. The van der Waals surface area contributed by atoms with E-state index in [9.17, 15) is 13.2 Å². The summed E-state index contributed by atoms with van der Waals surface area (Å²) in [5, 5.41) is 0. The number of rotatable bonds is 10. The van der Waals surface area contributed by atoms with E-state index in [-0.39, 0.29) is 5.57 Å². The van der Waals surface area contributed by atoms with E-state index in [1.807, 2.05) is 26.8 Å². The number of aliphatic imine (C=N–C) groups is 1. The average molecular weight is 408 g/mol. The van der Waals surface area contributed by atoms with Crippen LogP contribution >= 0.6 is 0 Å². The Kier molecular flexibility index (Phi) is 12.2. The smallest absolute Gasteiger partial charge is 0.261 e. The molecule has 0 aliphatic rings. The van der Waals surface area contributed by atoms with E-state index in [0.29, 0.717) is 35.3 Å². The Labute approximate surface area is 175 Å².